The average molecular weight is 371 g/mol. The molecule has 1 aromatic heterocycles. The zero-order valence-corrected chi connectivity index (χ0v) is 14.1. The predicted octanol–water partition coefficient (Wildman–Crippen LogP) is 4.49. The molecule has 0 aliphatic heterocycles. The molecule has 1 heterocycles. The van der Waals surface area contributed by atoms with Crippen LogP contribution in [0.15, 0.2) is 57.4 Å². The van der Waals surface area contributed by atoms with Gasteiger partial charge in [0.1, 0.15) is 11.1 Å². The van der Waals surface area contributed by atoms with Gasteiger partial charge >= 0.3 is 0 Å². The van der Waals surface area contributed by atoms with E-state index in [0.717, 1.165) is 16.3 Å². The minimum absolute atomic E-state index is 0.150. The molecular formula is C18H15BrN2O2. The van der Waals surface area contributed by atoms with E-state index < -0.39 is 0 Å². The van der Waals surface area contributed by atoms with Gasteiger partial charge in [-0.2, -0.15) is 0 Å². The monoisotopic (exact) mass is 370 g/mol. The molecule has 3 rings (SSSR count). The van der Waals surface area contributed by atoms with E-state index in [1.165, 1.54) is 5.56 Å². The molecule has 0 bridgehead atoms. The number of carbonyl (C=O) groups is 1. The van der Waals surface area contributed by atoms with Crippen LogP contribution in [0.3, 0.4) is 0 Å². The van der Waals surface area contributed by atoms with Crippen LogP contribution in [0.25, 0.3) is 11.0 Å². The highest BCUT2D eigenvalue weighted by molar-refractivity contribution is 9.10. The Morgan fingerprint density at radius 1 is 1.17 bits per heavy atom. The van der Waals surface area contributed by atoms with Gasteiger partial charge in [-0.1, -0.05) is 35.0 Å². The number of hydrogen-bond donors (Lipinski definition) is 2. The molecule has 0 aliphatic carbocycles. The van der Waals surface area contributed by atoms with E-state index in [0.29, 0.717) is 11.3 Å². The Morgan fingerprint density at radius 3 is 2.61 bits per heavy atom. The van der Waals surface area contributed by atoms with Crippen molar-refractivity contribution in [1.82, 2.24) is 0 Å². The van der Waals surface area contributed by atoms with Crippen LogP contribution in [0.2, 0.25) is 0 Å². The van der Waals surface area contributed by atoms with Gasteiger partial charge < -0.3 is 9.73 Å². The largest absolute Gasteiger partial charge is 0.438 e. The van der Waals surface area contributed by atoms with Gasteiger partial charge in [0.15, 0.2) is 0 Å². The Morgan fingerprint density at radius 2 is 1.91 bits per heavy atom. The molecule has 0 radical (unpaired) electrons. The van der Waals surface area contributed by atoms with E-state index in [1.807, 2.05) is 36.4 Å². The topological polar surface area (TPSA) is 66.1 Å². The van der Waals surface area contributed by atoms with Gasteiger partial charge in [0, 0.05) is 15.5 Å². The van der Waals surface area contributed by atoms with E-state index in [1.54, 1.807) is 12.1 Å². The third kappa shape index (κ3) is 3.35. The molecule has 1 amide bonds. The molecule has 116 valence electrons. The summed E-state index contributed by atoms with van der Waals surface area (Å²) in [6, 6.07) is 14.8. The lowest BCUT2D eigenvalue weighted by Gasteiger charge is -2.07. The van der Waals surface area contributed by atoms with Crippen molar-refractivity contribution in [1.29, 1.82) is 5.41 Å². The Hall–Kier alpha value is -2.40. The predicted molar refractivity (Wildman–Crippen MR) is 93.5 cm³/mol. The molecule has 0 aliphatic rings. The minimum atomic E-state index is -0.357. The number of anilines is 1. The highest BCUT2D eigenvalue weighted by Gasteiger charge is 2.12. The smallest absolute Gasteiger partial charge is 0.261 e. The van der Waals surface area contributed by atoms with E-state index in [9.17, 15) is 4.79 Å². The molecule has 2 aromatic carbocycles. The summed E-state index contributed by atoms with van der Waals surface area (Å²) in [5.74, 6) is -0.357. The highest BCUT2D eigenvalue weighted by Crippen LogP contribution is 2.20. The van der Waals surface area contributed by atoms with Crippen LogP contribution in [0, 0.1) is 5.41 Å². The second-order valence-electron chi connectivity index (χ2n) is 5.18. The number of carbonyl (C=O) groups excluding carboxylic acids is 1. The Balaban J connectivity index is 1.93. The summed E-state index contributed by atoms with van der Waals surface area (Å²) in [7, 11) is 0. The van der Waals surface area contributed by atoms with Crippen LogP contribution in [-0.2, 0) is 6.42 Å². The first-order chi connectivity index (χ1) is 11.1. The molecule has 0 atom stereocenters. The summed E-state index contributed by atoms with van der Waals surface area (Å²) in [6.45, 7) is 2.08. The average Bonchev–Trinajstić information content (AvgIpc) is 2.55. The summed E-state index contributed by atoms with van der Waals surface area (Å²) in [4.78, 5) is 12.4. The molecule has 3 aromatic rings. The van der Waals surface area contributed by atoms with Crippen molar-refractivity contribution in [3.63, 3.8) is 0 Å². The van der Waals surface area contributed by atoms with Crippen molar-refractivity contribution in [2.75, 3.05) is 5.32 Å². The number of nitrogens with one attached hydrogen (secondary N) is 2. The van der Waals surface area contributed by atoms with Crippen LogP contribution >= 0.6 is 15.9 Å². The maximum absolute atomic E-state index is 12.4. The van der Waals surface area contributed by atoms with Crippen molar-refractivity contribution in [2.24, 2.45) is 0 Å². The van der Waals surface area contributed by atoms with E-state index in [4.69, 9.17) is 9.83 Å². The summed E-state index contributed by atoms with van der Waals surface area (Å²) < 4.78 is 6.32. The molecule has 4 nitrogen and oxygen atoms in total. The molecule has 0 saturated heterocycles. The third-order valence-electron chi connectivity index (χ3n) is 3.59. The SMILES string of the molecule is CCc1ccc(NC(=O)c2cc3cc(Br)ccc3oc2=N)cc1. The van der Waals surface area contributed by atoms with Crippen LogP contribution in [0.1, 0.15) is 22.8 Å². The number of fused-ring (bicyclic) bond motifs is 1. The first-order valence-electron chi connectivity index (χ1n) is 7.25. The maximum atomic E-state index is 12.4. The van der Waals surface area contributed by atoms with Crippen molar-refractivity contribution in [3.8, 4) is 0 Å². The molecule has 5 heteroatoms. The minimum Gasteiger partial charge on any atom is -0.438 e. The lowest BCUT2D eigenvalue weighted by Crippen LogP contribution is -2.20. The molecule has 23 heavy (non-hydrogen) atoms. The van der Waals surface area contributed by atoms with Gasteiger partial charge in [0.05, 0.1) is 0 Å². The van der Waals surface area contributed by atoms with Crippen LogP contribution in [-0.4, -0.2) is 5.91 Å². The van der Waals surface area contributed by atoms with Crippen LogP contribution in [0.5, 0.6) is 0 Å². The molecule has 0 spiro atoms. The Kier molecular flexibility index (Phi) is 4.30. The zero-order chi connectivity index (χ0) is 16.4. The van der Waals surface area contributed by atoms with E-state index >= 15 is 0 Å². The highest BCUT2D eigenvalue weighted by atomic mass is 79.9. The first kappa shape index (κ1) is 15.5. The summed E-state index contributed by atoms with van der Waals surface area (Å²) >= 11 is 3.39. The van der Waals surface area contributed by atoms with E-state index in [2.05, 4.69) is 28.2 Å². The zero-order valence-electron chi connectivity index (χ0n) is 12.5. The van der Waals surface area contributed by atoms with Gasteiger partial charge in [0.25, 0.3) is 5.91 Å². The number of halogens is 1. The molecule has 0 saturated carbocycles. The number of benzene rings is 2. The number of amides is 1. The van der Waals surface area contributed by atoms with Crippen molar-refractivity contribution in [3.05, 3.63) is 69.7 Å². The number of rotatable bonds is 3. The van der Waals surface area contributed by atoms with Gasteiger partial charge in [-0.3, -0.25) is 10.2 Å². The fourth-order valence-corrected chi connectivity index (χ4v) is 2.68. The lowest BCUT2D eigenvalue weighted by atomic mass is 10.1. The van der Waals surface area contributed by atoms with Crippen molar-refractivity contribution < 1.29 is 9.21 Å². The van der Waals surface area contributed by atoms with Crippen molar-refractivity contribution >= 4 is 38.5 Å². The second-order valence-corrected chi connectivity index (χ2v) is 6.09. The van der Waals surface area contributed by atoms with Crippen molar-refractivity contribution in [2.45, 2.75) is 13.3 Å². The van der Waals surface area contributed by atoms with Crippen LogP contribution in [0.4, 0.5) is 5.69 Å². The lowest BCUT2D eigenvalue weighted by molar-refractivity contribution is 0.102. The molecule has 0 unspecified atom stereocenters. The summed E-state index contributed by atoms with van der Waals surface area (Å²) in [6.07, 6.45) is 0.948. The Labute approximate surface area is 141 Å². The fourth-order valence-electron chi connectivity index (χ4n) is 2.30. The second kappa shape index (κ2) is 6.38. The van der Waals surface area contributed by atoms with Gasteiger partial charge in [0.2, 0.25) is 5.55 Å². The van der Waals surface area contributed by atoms with Gasteiger partial charge in [-0.25, -0.2) is 0 Å². The third-order valence-corrected chi connectivity index (χ3v) is 4.09. The normalized spacial score (nSPS) is 10.7. The number of aryl methyl sites for hydroxylation is 1. The van der Waals surface area contributed by atoms with Gasteiger partial charge in [-0.05, 0) is 48.4 Å². The Bertz CT molecular complexity index is 930. The summed E-state index contributed by atoms with van der Waals surface area (Å²) in [5, 5.41) is 11.5. The molecule has 0 fully saturated rings. The van der Waals surface area contributed by atoms with Crippen LogP contribution < -0.4 is 10.9 Å². The maximum Gasteiger partial charge on any atom is 0.261 e. The first-order valence-corrected chi connectivity index (χ1v) is 8.04. The molecular weight excluding hydrogens is 356 g/mol. The quantitative estimate of drug-likeness (QED) is 0.713. The standard InChI is InChI=1S/C18H15BrN2O2/c1-2-11-3-6-14(7-4-11)21-18(22)15-10-12-9-13(19)5-8-16(12)23-17(15)20/h3-10,20H,2H2,1H3,(H,21,22). The number of hydrogen-bond acceptors (Lipinski definition) is 3. The summed E-state index contributed by atoms with van der Waals surface area (Å²) in [5.41, 5.74) is 2.52. The van der Waals surface area contributed by atoms with E-state index in [-0.39, 0.29) is 17.0 Å². The fraction of sp³-hybridized carbons (Fsp3) is 0.111. The molecule has 2 N–H and O–H groups in total. The van der Waals surface area contributed by atoms with Gasteiger partial charge in [-0.15, -0.1) is 0 Å².